The van der Waals surface area contributed by atoms with E-state index in [1.165, 1.54) is 6.08 Å². The fourth-order valence-electron chi connectivity index (χ4n) is 1.80. The Balaban J connectivity index is 2.30. The number of rotatable bonds is 5. The van der Waals surface area contributed by atoms with Crippen LogP contribution in [-0.2, 0) is 0 Å². The summed E-state index contributed by atoms with van der Waals surface area (Å²) in [6.45, 7) is 0. The van der Waals surface area contributed by atoms with E-state index in [2.05, 4.69) is 4.98 Å². The fourth-order valence-corrected chi connectivity index (χ4v) is 1.80. The fraction of sp³-hybridized carbons (Fsp3) is 0.125. The number of pyridine rings is 1. The third kappa shape index (κ3) is 3.03. The molecule has 20 heavy (non-hydrogen) atoms. The highest BCUT2D eigenvalue weighted by Gasteiger charge is 2.08. The first-order chi connectivity index (χ1) is 9.76. The van der Waals surface area contributed by atoms with Crippen molar-refractivity contribution in [1.29, 1.82) is 0 Å². The van der Waals surface area contributed by atoms with Crippen LogP contribution in [0.3, 0.4) is 0 Å². The lowest BCUT2D eigenvalue weighted by Gasteiger charge is -2.09. The highest BCUT2D eigenvalue weighted by atomic mass is 16.5. The van der Waals surface area contributed by atoms with Gasteiger partial charge in [-0.2, -0.15) is 0 Å². The van der Waals surface area contributed by atoms with Crippen molar-refractivity contribution in [2.75, 3.05) is 14.2 Å². The summed E-state index contributed by atoms with van der Waals surface area (Å²) >= 11 is 0. The van der Waals surface area contributed by atoms with Gasteiger partial charge in [0.1, 0.15) is 17.2 Å². The lowest BCUT2D eigenvalue weighted by molar-refractivity contribution is 0.104. The van der Waals surface area contributed by atoms with E-state index in [1.54, 1.807) is 44.7 Å². The number of ether oxygens (including phenoxy) is 2. The van der Waals surface area contributed by atoms with E-state index in [1.807, 2.05) is 18.2 Å². The molecule has 0 fully saturated rings. The largest absolute Gasteiger partial charge is 0.496 e. The first kappa shape index (κ1) is 13.8. The number of hydrogen-bond acceptors (Lipinski definition) is 4. The lowest BCUT2D eigenvalue weighted by Crippen LogP contribution is -1.97. The summed E-state index contributed by atoms with van der Waals surface area (Å²) in [5, 5.41) is 0. The van der Waals surface area contributed by atoms with Crippen LogP contribution >= 0.6 is 0 Å². The summed E-state index contributed by atoms with van der Waals surface area (Å²) in [5.74, 6) is 1.13. The van der Waals surface area contributed by atoms with E-state index in [4.69, 9.17) is 9.47 Å². The zero-order valence-corrected chi connectivity index (χ0v) is 11.4. The van der Waals surface area contributed by atoms with E-state index in [9.17, 15) is 4.79 Å². The van der Waals surface area contributed by atoms with Crippen molar-refractivity contribution < 1.29 is 14.3 Å². The van der Waals surface area contributed by atoms with Gasteiger partial charge in [0, 0.05) is 6.20 Å². The normalized spacial score (nSPS) is 10.5. The molecule has 0 spiro atoms. The minimum atomic E-state index is -0.168. The first-order valence-corrected chi connectivity index (χ1v) is 6.10. The number of nitrogens with zero attached hydrogens (tertiary/aromatic N) is 1. The van der Waals surface area contributed by atoms with Gasteiger partial charge < -0.3 is 9.47 Å². The van der Waals surface area contributed by atoms with Gasteiger partial charge >= 0.3 is 0 Å². The molecule has 0 aliphatic heterocycles. The summed E-state index contributed by atoms with van der Waals surface area (Å²) < 4.78 is 10.5. The number of aromatic nitrogens is 1. The van der Waals surface area contributed by atoms with Crippen LogP contribution in [0.2, 0.25) is 0 Å². The summed E-state index contributed by atoms with van der Waals surface area (Å²) in [6.07, 6.45) is 4.72. The predicted octanol–water partition coefficient (Wildman–Crippen LogP) is 2.99. The van der Waals surface area contributed by atoms with Crippen LogP contribution < -0.4 is 9.47 Å². The number of carbonyl (C=O) groups excluding carboxylic acids is 1. The second-order valence-electron chi connectivity index (χ2n) is 3.99. The zero-order chi connectivity index (χ0) is 14.4. The molecular weight excluding hydrogens is 254 g/mol. The van der Waals surface area contributed by atoms with Crippen LogP contribution in [0.15, 0.2) is 48.7 Å². The Hall–Kier alpha value is -2.62. The van der Waals surface area contributed by atoms with E-state index >= 15 is 0 Å². The van der Waals surface area contributed by atoms with Crippen molar-refractivity contribution in [3.05, 3.63) is 59.9 Å². The van der Waals surface area contributed by atoms with Gasteiger partial charge in [-0.15, -0.1) is 0 Å². The highest BCUT2D eigenvalue weighted by Crippen LogP contribution is 2.29. The number of methoxy groups -OCH3 is 2. The Labute approximate surface area is 117 Å². The molecule has 0 unspecified atom stereocenters. The molecule has 4 nitrogen and oxygen atoms in total. The molecule has 1 aromatic heterocycles. The molecule has 0 bridgehead atoms. The van der Waals surface area contributed by atoms with Crippen molar-refractivity contribution >= 4 is 11.9 Å². The standard InChI is InChI=1S/C16H15NO3/c1-19-15-7-5-8-16(20-2)12(15)9-10-14(18)13-6-3-4-11-17-13/h3-11H,1-2H3. The summed E-state index contributed by atoms with van der Waals surface area (Å²) in [5.41, 5.74) is 1.12. The highest BCUT2D eigenvalue weighted by molar-refractivity contribution is 6.05. The maximum atomic E-state index is 12.0. The van der Waals surface area contributed by atoms with E-state index in [-0.39, 0.29) is 5.78 Å². The van der Waals surface area contributed by atoms with Gasteiger partial charge in [0.05, 0.1) is 19.8 Å². The van der Waals surface area contributed by atoms with Crippen LogP contribution in [0, 0.1) is 0 Å². The summed E-state index contributed by atoms with van der Waals surface area (Å²) in [4.78, 5) is 16.0. The van der Waals surface area contributed by atoms with Gasteiger partial charge in [-0.1, -0.05) is 12.1 Å². The Bertz CT molecular complexity index is 599. The van der Waals surface area contributed by atoms with Crippen LogP contribution in [0.1, 0.15) is 16.1 Å². The SMILES string of the molecule is COc1cccc(OC)c1C=CC(=O)c1ccccn1. The molecule has 2 aromatic rings. The molecule has 102 valence electrons. The lowest BCUT2D eigenvalue weighted by atomic mass is 10.1. The maximum absolute atomic E-state index is 12.0. The minimum absolute atomic E-state index is 0.168. The van der Waals surface area contributed by atoms with Gasteiger partial charge in [-0.05, 0) is 36.4 Å². The molecule has 1 aromatic carbocycles. The van der Waals surface area contributed by atoms with E-state index in [0.717, 1.165) is 5.56 Å². The number of allylic oxidation sites excluding steroid dienone is 1. The minimum Gasteiger partial charge on any atom is -0.496 e. The third-order valence-electron chi connectivity index (χ3n) is 2.78. The zero-order valence-electron chi connectivity index (χ0n) is 11.4. The van der Waals surface area contributed by atoms with Gasteiger partial charge in [0.25, 0.3) is 0 Å². The molecule has 0 amide bonds. The smallest absolute Gasteiger partial charge is 0.204 e. The predicted molar refractivity (Wildman–Crippen MR) is 77.1 cm³/mol. The van der Waals surface area contributed by atoms with Crippen molar-refractivity contribution in [1.82, 2.24) is 4.98 Å². The molecule has 0 N–H and O–H groups in total. The van der Waals surface area contributed by atoms with Crippen LogP contribution in [0.25, 0.3) is 6.08 Å². The summed E-state index contributed by atoms with van der Waals surface area (Å²) in [6, 6.07) is 10.7. The van der Waals surface area contributed by atoms with Crippen molar-refractivity contribution in [3.63, 3.8) is 0 Å². The third-order valence-corrected chi connectivity index (χ3v) is 2.78. The molecule has 0 aliphatic rings. The second-order valence-corrected chi connectivity index (χ2v) is 3.99. The topological polar surface area (TPSA) is 48.4 Å². The first-order valence-electron chi connectivity index (χ1n) is 6.10. The Morgan fingerprint density at radius 2 is 1.75 bits per heavy atom. The number of hydrogen-bond donors (Lipinski definition) is 0. The van der Waals surface area contributed by atoms with Crippen LogP contribution in [-0.4, -0.2) is 25.0 Å². The van der Waals surface area contributed by atoms with Crippen LogP contribution in [0.5, 0.6) is 11.5 Å². The van der Waals surface area contributed by atoms with Gasteiger partial charge in [-0.25, -0.2) is 0 Å². The maximum Gasteiger partial charge on any atom is 0.204 e. The van der Waals surface area contributed by atoms with Crippen molar-refractivity contribution in [3.8, 4) is 11.5 Å². The molecule has 0 aliphatic carbocycles. The molecule has 0 saturated heterocycles. The molecule has 0 atom stereocenters. The average Bonchev–Trinajstić information content (AvgIpc) is 2.52. The van der Waals surface area contributed by atoms with Crippen molar-refractivity contribution in [2.24, 2.45) is 0 Å². The number of ketones is 1. The molecule has 0 saturated carbocycles. The average molecular weight is 269 g/mol. The molecular formula is C16H15NO3. The molecule has 1 heterocycles. The van der Waals surface area contributed by atoms with Gasteiger partial charge in [0.15, 0.2) is 0 Å². The molecule has 0 radical (unpaired) electrons. The Morgan fingerprint density at radius 3 is 2.30 bits per heavy atom. The quantitative estimate of drug-likeness (QED) is 0.618. The van der Waals surface area contributed by atoms with Crippen molar-refractivity contribution in [2.45, 2.75) is 0 Å². The second kappa shape index (κ2) is 6.52. The monoisotopic (exact) mass is 269 g/mol. The van der Waals surface area contributed by atoms with E-state index in [0.29, 0.717) is 17.2 Å². The summed E-state index contributed by atoms with van der Waals surface area (Å²) in [7, 11) is 3.15. The van der Waals surface area contributed by atoms with Gasteiger partial charge in [0.2, 0.25) is 5.78 Å². The Kier molecular flexibility index (Phi) is 4.50. The van der Waals surface area contributed by atoms with E-state index < -0.39 is 0 Å². The Morgan fingerprint density at radius 1 is 1.05 bits per heavy atom. The number of carbonyl (C=O) groups is 1. The van der Waals surface area contributed by atoms with Gasteiger partial charge in [-0.3, -0.25) is 9.78 Å². The molecule has 4 heteroatoms. The number of benzene rings is 1. The molecule has 2 rings (SSSR count). The van der Waals surface area contributed by atoms with Crippen LogP contribution in [0.4, 0.5) is 0 Å².